The second-order valence-electron chi connectivity index (χ2n) is 7.63. The Labute approximate surface area is 167 Å². The number of aryl methyl sites for hydroxylation is 1. The smallest absolute Gasteiger partial charge is 0.274 e. The molecule has 3 heterocycles. The van der Waals surface area contributed by atoms with E-state index in [1.54, 1.807) is 22.9 Å². The van der Waals surface area contributed by atoms with E-state index in [0.717, 1.165) is 30.5 Å². The van der Waals surface area contributed by atoms with E-state index < -0.39 is 9.84 Å². The van der Waals surface area contributed by atoms with Gasteiger partial charge in [-0.1, -0.05) is 0 Å². The fraction of sp³-hybridized carbons (Fsp3) is 0.421. The Morgan fingerprint density at radius 2 is 2.17 bits per heavy atom. The number of sulfone groups is 1. The lowest BCUT2D eigenvalue weighted by atomic mass is 10.1. The molecule has 0 bridgehead atoms. The van der Waals surface area contributed by atoms with Crippen molar-refractivity contribution >= 4 is 33.0 Å². The topological polar surface area (TPSA) is 119 Å². The van der Waals surface area contributed by atoms with E-state index in [4.69, 9.17) is 4.74 Å². The van der Waals surface area contributed by atoms with Crippen LogP contribution in [0.25, 0.3) is 0 Å². The van der Waals surface area contributed by atoms with Gasteiger partial charge in [-0.15, -0.1) is 0 Å². The van der Waals surface area contributed by atoms with Crippen molar-refractivity contribution in [2.75, 3.05) is 28.7 Å². The molecule has 2 amide bonds. The molecule has 1 aromatic heterocycles. The fourth-order valence-corrected chi connectivity index (χ4v) is 5.93. The van der Waals surface area contributed by atoms with E-state index >= 15 is 0 Å². The summed E-state index contributed by atoms with van der Waals surface area (Å²) < 4.78 is 30.8. The monoisotopic (exact) mass is 416 g/mol. The molecule has 1 saturated heterocycles. The quantitative estimate of drug-likeness (QED) is 0.779. The fourth-order valence-electron chi connectivity index (χ4n) is 4.24. The number of carbonyl (C=O) groups is 2. The van der Waals surface area contributed by atoms with Crippen LogP contribution in [-0.2, 0) is 27.5 Å². The second kappa shape index (κ2) is 6.58. The highest BCUT2D eigenvalue weighted by atomic mass is 32.2. The first kappa shape index (κ1) is 18.2. The Hall–Kier alpha value is -2.88. The Bertz CT molecular complexity index is 1140. The summed E-state index contributed by atoms with van der Waals surface area (Å²) in [7, 11) is -3.10. The first-order valence-corrected chi connectivity index (χ1v) is 11.4. The summed E-state index contributed by atoms with van der Waals surface area (Å²) in [6.45, 7) is -0.0334. The molecule has 10 heteroatoms. The molecule has 0 spiro atoms. The molecule has 5 rings (SSSR count). The van der Waals surface area contributed by atoms with Crippen LogP contribution in [0.3, 0.4) is 0 Å². The predicted molar refractivity (Wildman–Crippen MR) is 105 cm³/mol. The van der Waals surface area contributed by atoms with Crippen molar-refractivity contribution in [2.45, 2.75) is 31.7 Å². The lowest BCUT2D eigenvalue weighted by Gasteiger charge is -2.19. The molecule has 3 aliphatic rings. The van der Waals surface area contributed by atoms with Crippen molar-refractivity contribution < 1.29 is 22.7 Å². The van der Waals surface area contributed by atoms with Gasteiger partial charge < -0.3 is 15.4 Å². The first-order valence-electron chi connectivity index (χ1n) is 9.58. The van der Waals surface area contributed by atoms with E-state index in [1.165, 1.54) is 0 Å². The van der Waals surface area contributed by atoms with E-state index in [-0.39, 0.29) is 36.0 Å². The third kappa shape index (κ3) is 3.27. The molecule has 29 heavy (non-hydrogen) atoms. The number of carbonyl (C=O) groups excluding carboxylic acids is 2. The van der Waals surface area contributed by atoms with Crippen LogP contribution in [0.4, 0.5) is 11.4 Å². The van der Waals surface area contributed by atoms with Gasteiger partial charge in [0.05, 0.1) is 28.9 Å². The van der Waals surface area contributed by atoms with Gasteiger partial charge in [0.2, 0.25) is 0 Å². The Morgan fingerprint density at radius 3 is 2.97 bits per heavy atom. The van der Waals surface area contributed by atoms with E-state index in [9.17, 15) is 18.0 Å². The lowest BCUT2D eigenvalue weighted by Crippen LogP contribution is -2.26. The van der Waals surface area contributed by atoms with Crippen LogP contribution in [-0.4, -0.2) is 48.1 Å². The SMILES string of the molecule is O=C1COc2ccc(NC(=O)c3c4c(nn3[C@H]3CCS(=O)(=O)C3)CCC4)cc2N1. The third-order valence-electron chi connectivity index (χ3n) is 5.57. The van der Waals surface area contributed by atoms with Gasteiger partial charge in [0.1, 0.15) is 11.4 Å². The van der Waals surface area contributed by atoms with Crippen molar-refractivity contribution in [2.24, 2.45) is 0 Å². The van der Waals surface area contributed by atoms with Crippen LogP contribution >= 0.6 is 0 Å². The van der Waals surface area contributed by atoms with Crippen LogP contribution < -0.4 is 15.4 Å². The summed E-state index contributed by atoms with van der Waals surface area (Å²) in [5, 5.41) is 10.2. The van der Waals surface area contributed by atoms with Crippen molar-refractivity contribution in [1.82, 2.24) is 9.78 Å². The number of amides is 2. The van der Waals surface area contributed by atoms with Crippen LogP contribution in [0.1, 0.15) is 40.6 Å². The number of nitrogens with zero attached hydrogens (tertiary/aromatic N) is 2. The standard InChI is InChI=1S/C19H20N4O5S/c24-17-9-28-16-5-4-11(8-15(16)21-17)20-19(25)18-13-2-1-3-14(13)22-23(18)12-6-7-29(26,27)10-12/h4-5,8,12H,1-3,6-7,9-10H2,(H,20,25)(H,21,24)/t12-/m0/s1. The normalized spacial score (nSPS) is 21.8. The molecule has 1 aliphatic carbocycles. The highest BCUT2D eigenvalue weighted by Crippen LogP contribution is 2.33. The maximum absolute atomic E-state index is 13.2. The average Bonchev–Trinajstić information content (AvgIpc) is 3.34. The van der Waals surface area contributed by atoms with Crippen molar-refractivity contribution in [3.63, 3.8) is 0 Å². The Kier molecular flexibility index (Phi) is 4.12. The Balaban J connectivity index is 1.46. The number of nitrogens with one attached hydrogen (secondary N) is 2. The zero-order valence-corrected chi connectivity index (χ0v) is 16.4. The highest BCUT2D eigenvalue weighted by molar-refractivity contribution is 7.91. The number of fused-ring (bicyclic) bond motifs is 2. The summed E-state index contributed by atoms with van der Waals surface area (Å²) in [6.07, 6.45) is 2.95. The molecular weight excluding hydrogens is 396 g/mol. The second-order valence-corrected chi connectivity index (χ2v) is 9.86. The molecule has 2 N–H and O–H groups in total. The number of hydrogen-bond donors (Lipinski definition) is 2. The predicted octanol–water partition coefficient (Wildman–Crippen LogP) is 1.31. The Morgan fingerprint density at radius 1 is 1.31 bits per heavy atom. The number of rotatable bonds is 3. The molecule has 0 radical (unpaired) electrons. The largest absolute Gasteiger partial charge is 0.482 e. The number of benzene rings is 1. The van der Waals surface area contributed by atoms with Crippen LogP contribution in [0.2, 0.25) is 0 Å². The lowest BCUT2D eigenvalue weighted by molar-refractivity contribution is -0.118. The summed E-state index contributed by atoms with van der Waals surface area (Å²) in [5.41, 5.74) is 3.24. The molecule has 0 saturated carbocycles. The molecule has 1 atom stereocenters. The molecule has 152 valence electrons. The van der Waals surface area contributed by atoms with Gasteiger partial charge in [-0.2, -0.15) is 5.10 Å². The number of anilines is 2. The maximum Gasteiger partial charge on any atom is 0.274 e. The molecule has 0 unspecified atom stereocenters. The van der Waals surface area contributed by atoms with Gasteiger partial charge in [0.15, 0.2) is 16.4 Å². The van der Waals surface area contributed by atoms with Gasteiger partial charge in [0.25, 0.3) is 11.8 Å². The highest BCUT2D eigenvalue weighted by Gasteiger charge is 2.35. The zero-order valence-electron chi connectivity index (χ0n) is 15.6. The number of ether oxygens (including phenoxy) is 1. The minimum absolute atomic E-state index is 0.00998. The number of aromatic nitrogens is 2. The molecular formula is C19H20N4O5S. The van der Waals surface area contributed by atoms with Crippen molar-refractivity contribution in [1.29, 1.82) is 0 Å². The first-order chi connectivity index (χ1) is 13.9. The van der Waals surface area contributed by atoms with Crippen LogP contribution in [0.5, 0.6) is 5.75 Å². The van der Waals surface area contributed by atoms with Gasteiger partial charge in [-0.3, -0.25) is 14.3 Å². The van der Waals surface area contributed by atoms with Gasteiger partial charge >= 0.3 is 0 Å². The maximum atomic E-state index is 13.2. The zero-order chi connectivity index (χ0) is 20.2. The summed E-state index contributed by atoms with van der Waals surface area (Å²) in [5.74, 6) is 0.0982. The molecule has 9 nitrogen and oxygen atoms in total. The van der Waals surface area contributed by atoms with Crippen molar-refractivity contribution in [3.8, 4) is 5.75 Å². The van der Waals surface area contributed by atoms with E-state index in [2.05, 4.69) is 15.7 Å². The van der Waals surface area contributed by atoms with Crippen LogP contribution in [0, 0.1) is 0 Å². The average molecular weight is 416 g/mol. The van der Waals surface area contributed by atoms with Gasteiger partial charge in [-0.05, 0) is 43.9 Å². The van der Waals surface area contributed by atoms with Gasteiger partial charge in [0, 0.05) is 11.3 Å². The third-order valence-corrected chi connectivity index (χ3v) is 7.32. The summed E-state index contributed by atoms with van der Waals surface area (Å²) in [6, 6.07) is 4.72. The molecule has 1 fully saturated rings. The minimum atomic E-state index is -3.10. The molecule has 2 aromatic rings. The van der Waals surface area contributed by atoms with Gasteiger partial charge in [-0.25, -0.2) is 8.42 Å². The minimum Gasteiger partial charge on any atom is -0.482 e. The number of hydrogen-bond acceptors (Lipinski definition) is 6. The summed E-state index contributed by atoms with van der Waals surface area (Å²) >= 11 is 0. The molecule has 2 aliphatic heterocycles. The molecule has 1 aromatic carbocycles. The van der Waals surface area contributed by atoms with E-state index in [1.807, 2.05) is 0 Å². The van der Waals surface area contributed by atoms with Crippen molar-refractivity contribution in [3.05, 3.63) is 35.2 Å². The van der Waals surface area contributed by atoms with E-state index in [0.29, 0.717) is 29.2 Å². The summed E-state index contributed by atoms with van der Waals surface area (Å²) in [4.78, 5) is 24.7. The van der Waals surface area contributed by atoms with Crippen LogP contribution in [0.15, 0.2) is 18.2 Å².